The van der Waals surface area contributed by atoms with Gasteiger partial charge >= 0.3 is 0 Å². The number of carbonyl (C=O) groups is 1. The summed E-state index contributed by atoms with van der Waals surface area (Å²) in [5.74, 6) is 0.501. The number of hydrogen-bond donors (Lipinski definition) is 1. The molecule has 158 valence electrons. The maximum absolute atomic E-state index is 13.1. The normalized spacial score (nSPS) is 17.7. The molecule has 1 saturated heterocycles. The molecule has 1 aliphatic heterocycles. The molecule has 9 heteroatoms. The van der Waals surface area contributed by atoms with Crippen molar-refractivity contribution in [3.8, 4) is 11.5 Å². The SMILES string of the molecule is COc1ccc(S(=O)(=O)N2CCCC2C(=O)NCCCOC(C)C)cc1OC. The van der Waals surface area contributed by atoms with Crippen LogP contribution >= 0.6 is 0 Å². The van der Waals surface area contributed by atoms with Crippen LogP contribution in [0.1, 0.15) is 33.1 Å². The Kier molecular flexibility index (Phi) is 8.09. The molecule has 1 N–H and O–H groups in total. The van der Waals surface area contributed by atoms with E-state index >= 15 is 0 Å². The highest BCUT2D eigenvalue weighted by atomic mass is 32.2. The standard InChI is InChI=1S/C19H30N2O6S/c1-14(2)27-12-6-10-20-19(22)16-7-5-11-21(16)28(23,24)15-8-9-17(25-3)18(13-15)26-4/h8-9,13-14,16H,5-7,10-12H2,1-4H3,(H,20,22). The number of nitrogens with zero attached hydrogens (tertiary/aromatic N) is 1. The second-order valence-corrected chi connectivity index (χ2v) is 8.75. The molecule has 0 spiro atoms. The van der Waals surface area contributed by atoms with Gasteiger partial charge in [-0.1, -0.05) is 0 Å². The van der Waals surface area contributed by atoms with Gasteiger partial charge < -0.3 is 19.5 Å². The van der Waals surface area contributed by atoms with Crippen LogP contribution in [0.4, 0.5) is 0 Å². The number of carbonyl (C=O) groups excluding carboxylic acids is 1. The van der Waals surface area contributed by atoms with Crippen molar-refractivity contribution < 1.29 is 27.4 Å². The Morgan fingerprint density at radius 3 is 2.61 bits per heavy atom. The summed E-state index contributed by atoms with van der Waals surface area (Å²) in [4.78, 5) is 12.6. The van der Waals surface area contributed by atoms with Crippen LogP contribution in [0.5, 0.6) is 11.5 Å². The minimum Gasteiger partial charge on any atom is -0.493 e. The molecular formula is C19H30N2O6S. The molecule has 0 aromatic heterocycles. The molecule has 1 aromatic carbocycles. The molecule has 1 aromatic rings. The Bertz CT molecular complexity index is 766. The summed E-state index contributed by atoms with van der Waals surface area (Å²) in [7, 11) is -0.892. The average Bonchev–Trinajstić information content (AvgIpc) is 3.17. The summed E-state index contributed by atoms with van der Waals surface area (Å²) in [5.41, 5.74) is 0. The van der Waals surface area contributed by atoms with E-state index in [2.05, 4.69) is 5.32 Å². The topological polar surface area (TPSA) is 94.2 Å². The van der Waals surface area contributed by atoms with Crippen LogP contribution in [-0.2, 0) is 19.6 Å². The minimum atomic E-state index is -3.82. The van der Waals surface area contributed by atoms with Gasteiger partial charge in [-0.2, -0.15) is 4.31 Å². The molecule has 1 aliphatic rings. The van der Waals surface area contributed by atoms with Gasteiger partial charge in [0.15, 0.2) is 11.5 Å². The summed E-state index contributed by atoms with van der Waals surface area (Å²) in [6.45, 7) is 5.22. The maximum atomic E-state index is 13.1. The first-order chi connectivity index (χ1) is 13.3. The maximum Gasteiger partial charge on any atom is 0.243 e. The fourth-order valence-electron chi connectivity index (χ4n) is 3.12. The van der Waals surface area contributed by atoms with Crippen molar-refractivity contribution in [3.63, 3.8) is 0 Å². The molecule has 28 heavy (non-hydrogen) atoms. The van der Waals surface area contributed by atoms with E-state index in [9.17, 15) is 13.2 Å². The van der Waals surface area contributed by atoms with Gasteiger partial charge in [0.05, 0.1) is 25.2 Å². The number of amides is 1. The average molecular weight is 415 g/mol. The van der Waals surface area contributed by atoms with Crippen molar-refractivity contribution in [1.82, 2.24) is 9.62 Å². The number of hydrogen-bond acceptors (Lipinski definition) is 6. The second-order valence-electron chi connectivity index (χ2n) is 6.85. The molecule has 0 radical (unpaired) electrons. The molecular weight excluding hydrogens is 384 g/mol. The van der Waals surface area contributed by atoms with E-state index in [1.54, 1.807) is 6.07 Å². The molecule has 1 atom stereocenters. The van der Waals surface area contributed by atoms with Crippen LogP contribution in [0.25, 0.3) is 0 Å². The summed E-state index contributed by atoms with van der Waals surface area (Å²) in [6, 6.07) is 3.73. The lowest BCUT2D eigenvalue weighted by Crippen LogP contribution is -2.46. The highest BCUT2D eigenvalue weighted by Gasteiger charge is 2.39. The molecule has 1 amide bonds. The Balaban J connectivity index is 2.07. The monoisotopic (exact) mass is 414 g/mol. The largest absolute Gasteiger partial charge is 0.493 e. The lowest BCUT2D eigenvalue weighted by molar-refractivity contribution is -0.124. The highest BCUT2D eigenvalue weighted by molar-refractivity contribution is 7.89. The first kappa shape index (κ1) is 22.4. The minimum absolute atomic E-state index is 0.0789. The van der Waals surface area contributed by atoms with Crippen molar-refractivity contribution >= 4 is 15.9 Å². The fraction of sp³-hybridized carbons (Fsp3) is 0.632. The molecule has 8 nitrogen and oxygen atoms in total. The van der Waals surface area contributed by atoms with E-state index in [1.807, 2.05) is 13.8 Å². The number of benzene rings is 1. The van der Waals surface area contributed by atoms with Crippen LogP contribution in [-0.4, -0.2) is 64.7 Å². The number of sulfonamides is 1. The summed E-state index contributed by atoms with van der Waals surface area (Å²) < 4.78 is 43.3. The Morgan fingerprint density at radius 2 is 1.96 bits per heavy atom. The zero-order valence-corrected chi connectivity index (χ0v) is 17.8. The highest BCUT2D eigenvalue weighted by Crippen LogP contribution is 2.33. The van der Waals surface area contributed by atoms with E-state index in [0.717, 1.165) is 0 Å². The van der Waals surface area contributed by atoms with Gasteiger partial charge in [-0.3, -0.25) is 4.79 Å². The van der Waals surface area contributed by atoms with Crippen LogP contribution in [0.15, 0.2) is 23.1 Å². The van der Waals surface area contributed by atoms with Gasteiger partial charge in [0.2, 0.25) is 15.9 Å². The quantitative estimate of drug-likeness (QED) is 0.587. The van der Waals surface area contributed by atoms with E-state index < -0.39 is 16.1 Å². The Labute approximate surface area is 167 Å². The van der Waals surface area contributed by atoms with Crippen LogP contribution in [0.3, 0.4) is 0 Å². The molecule has 1 heterocycles. The third kappa shape index (κ3) is 5.36. The van der Waals surface area contributed by atoms with Gasteiger partial charge in [-0.25, -0.2) is 8.42 Å². The molecule has 2 rings (SSSR count). The van der Waals surface area contributed by atoms with E-state index in [-0.39, 0.29) is 16.9 Å². The number of ether oxygens (including phenoxy) is 3. The summed E-state index contributed by atoms with van der Waals surface area (Å²) >= 11 is 0. The number of nitrogens with one attached hydrogen (secondary N) is 1. The molecule has 0 bridgehead atoms. The van der Waals surface area contributed by atoms with Gasteiger partial charge in [0.1, 0.15) is 6.04 Å². The summed E-state index contributed by atoms with van der Waals surface area (Å²) in [6.07, 6.45) is 1.97. The first-order valence-corrected chi connectivity index (χ1v) is 10.9. The zero-order valence-electron chi connectivity index (χ0n) is 16.9. The third-order valence-electron chi connectivity index (χ3n) is 4.54. The Morgan fingerprint density at radius 1 is 1.25 bits per heavy atom. The number of methoxy groups -OCH3 is 2. The lowest BCUT2D eigenvalue weighted by atomic mass is 10.2. The first-order valence-electron chi connectivity index (χ1n) is 9.44. The van der Waals surface area contributed by atoms with Crippen molar-refractivity contribution in [2.45, 2.75) is 50.2 Å². The fourth-order valence-corrected chi connectivity index (χ4v) is 4.80. The van der Waals surface area contributed by atoms with E-state index in [0.29, 0.717) is 50.5 Å². The van der Waals surface area contributed by atoms with Crippen LogP contribution in [0, 0.1) is 0 Å². The van der Waals surface area contributed by atoms with Gasteiger partial charge in [0, 0.05) is 25.8 Å². The molecule has 1 fully saturated rings. The van der Waals surface area contributed by atoms with Crippen molar-refractivity contribution in [2.24, 2.45) is 0 Å². The molecule has 0 saturated carbocycles. The van der Waals surface area contributed by atoms with E-state index in [4.69, 9.17) is 14.2 Å². The molecule has 0 aliphatic carbocycles. The molecule has 1 unspecified atom stereocenters. The number of rotatable bonds is 10. The van der Waals surface area contributed by atoms with Gasteiger partial charge in [0.25, 0.3) is 0 Å². The van der Waals surface area contributed by atoms with E-state index in [1.165, 1.54) is 30.7 Å². The van der Waals surface area contributed by atoms with Crippen molar-refractivity contribution in [3.05, 3.63) is 18.2 Å². The van der Waals surface area contributed by atoms with Gasteiger partial charge in [-0.15, -0.1) is 0 Å². The lowest BCUT2D eigenvalue weighted by Gasteiger charge is -2.24. The smallest absolute Gasteiger partial charge is 0.243 e. The predicted molar refractivity (Wildman–Crippen MR) is 105 cm³/mol. The zero-order chi connectivity index (χ0) is 20.7. The van der Waals surface area contributed by atoms with Crippen LogP contribution < -0.4 is 14.8 Å². The Hall–Kier alpha value is -1.84. The second kappa shape index (κ2) is 10.1. The van der Waals surface area contributed by atoms with Crippen molar-refractivity contribution in [2.75, 3.05) is 33.9 Å². The predicted octanol–water partition coefficient (Wildman–Crippen LogP) is 1.79. The van der Waals surface area contributed by atoms with Crippen molar-refractivity contribution in [1.29, 1.82) is 0 Å². The van der Waals surface area contributed by atoms with Gasteiger partial charge in [-0.05, 0) is 45.2 Å². The third-order valence-corrected chi connectivity index (χ3v) is 6.44. The van der Waals surface area contributed by atoms with Crippen LogP contribution in [0.2, 0.25) is 0 Å². The summed E-state index contributed by atoms with van der Waals surface area (Å²) in [5, 5.41) is 2.82.